The van der Waals surface area contributed by atoms with Crippen LogP contribution in [0.5, 0.6) is 0 Å². The molecule has 0 aliphatic carbocycles. The van der Waals surface area contributed by atoms with Crippen LogP contribution < -0.4 is 0 Å². The Morgan fingerprint density at radius 1 is 1.04 bits per heavy atom. The van der Waals surface area contributed by atoms with Gasteiger partial charge in [-0.15, -0.1) is 0 Å². The topological polar surface area (TPSA) is 26.3 Å². The molecule has 0 spiro atoms. The molecular formula is C19H15F3O2. The Bertz CT molecular complexity index is 766. The van der Waals surface area contributed by atoms with Gasteiger partial charge in [-0.3, -0.25) is 4.79 Å². The zero-order chi connectivity index (χ0) is 17.6. The quantitative estimate of drug-likeness (QED) is 0.622. The Kier molecular flexibility index (Phi) is 5.64. The molecule has 0 atom stereocenters. The van der Waals surface area contributed by atoms with Crippen molar-refractivity contribution in [1.29, 1.82) is 0 Å². The number of carbonyl (C=O) groups excluding carboxylic acids is 1. The molecule has 0 aliphatic heterocycles. The molecule has 0 N–H and O–H groups in total. The number of carbonyl (C=O) groups is 1. The largest absolute Gasteiger partial charge is 0.469 e. The lowest BCUT2D eigenvalue weighted by molar-refractivity contribution is -0.140. The number of ether oxygens (including phenoxy) is 1. The van der Waals surface area contributed by atoms with Gasteiger partial charge in [-0.25, -0.2) is 0 Å². The summed E-state index contributed by atoms with van der Waals surface area (Å²) in [5, 5.41) is 0. The Morgan fingerprint density at radius 3 is 2.33 bits per heavy atom. The lowest BCUT2D eigenvalue weighted by Gasteiger charge is -2.05. The highest BCUT2D eigenvalue weighted by Gasteiger charge is 2.30. The van der Waals surface area contributed by atoms with Crippen molar-refractivity contribution in [2.45, 2.75) is 19.0 Å². The van der Waals surface area contributed by atoms with E-state index in [4.69, 9.17) is 0 Å². The molecule has 2 aromatic carbocycles. The van der Waals surface area contributed by atoms with Crippen molar-refractivity contribution in [3.8, 4) is 11.8 Å². The zero-order valence-electron chi connectivity index (χ0n) is 13.0. The van der Waals surface area contributed by atoms with E-state index in [1.54, 1.807) is 12.1 Å². The van der Waals surface area contributed by atoms with Crippen molar-refractivity contribution in [2.24, 2.45) is 0 Å². The highest BCUT2D eigenvalue weighted by molar-refractivity contribution is 5.69. The van der Waals surface area contributed by atoms with Crippen LogP contribution in [0.2, 0.25) is 0 Å². The Balaban J connectivity index is 2.07. The molecule has 0 saturated carbocycles. The molecule has 0 aliphatic rings. The number of esters is 1. The van der Waals surface area contributed by atoms with E-state index in [0.717, 1.165) is 17.7 Å². The second-order valence-electron chi connectivity index (χ2n) is 5.10. The van der Waals surface area contributed by atoms with Crippen LogP contribution in [-0.2, 0) is 22.1 Å². The first-order chi connectivity index (χ1) is 11.4. The molecule has 2 aromatic rings. The Labute approximate surface area is 138 Å². The summed E-state index contributed by atoms with van der Waals surface area (Å²) in [6.45, 7) is 0. The van der Waals surface area contributed by atoms with Gasteiger partial charge >= 0.3 is 12.1 Å². The molecule has 2 nitrogen and oxygen atoms in total. The summed E-state index contributed by atoms with van der Waals surface area (Å²) in [5.74, 6) is 5.29. The Hall–Kier alpha value is -2.74. The normalized spacial score (nSPS) is 10.7. The number of methoxy groups -OCH3 is 1. The van der Waals surface area contributed by atoms with Gasteiger partial charge in [0.1, 0.15) is 0 Å². The number of alkyl halides is 3. The predicted molar refractivity (Wildman–Crippen MR) is 84.2 cm³/mol. The fourth-order valence-corrected chi connectivity index (χ4v) is 2.02. The second kappa shape index (κ2) is 7.69. The summed E-state index contributed by atoms with van der Waals surface area (Å²) >= 11 is 0. The van der Waals surface area contributed by atoms with Gasteiger partial charge in [-0.1, -0.05) is 30.0 Å². The van der Waals surface area contributed by atoms with Crippen LogP contribution >= 0.6 is 0 Å². The second-order valence-corrected chi connectivity index (χ2v) is 5.10. The lowest BCUT2D eigenvalue weighted by Crippen LogP contribution is -2.04. The standard InChI is InChI=1S/C19H15F3O2/c1-24-18(23)12-11-15-7-5-14(6-8-15)9-10-16-3-2-4-17(13-16)19(20,21)22/h2-8,13H,11-12H2,1H3. The van der Waals surface area contributed by atoms with Gasteiger partial charge in [0.15, 0.2) is 0 Å². The van der Waals surface area contributed by atoms with Crippen molar-refractivity contribution in [3.63, 3.8) is 0 Å². The molecule has 0 fully saturated rings. The monoisotopic (exact) mass is 332 g/mol. The molecule has 2 rings (SSSR count). The van der Waals surface area contributed by atoms with Crippen LogP contribution in [0.15, 0.2) is 48.5 Å². The van der Waals surface area contributed by atoms with E-state index in [9.17, 15) is 18.0 Å². The molecule has 5 heteroatoms. The summed E-state index contributed by atoms with van der Waals surface area (Å²) in [7, 11) is 1.34. The third-order valence-corrected chi connectivity index (χ3v) is 3.34. The van der Waals surface area contributed by atoms with Gasteiger partial charge in [-0.05, 0) is 42.3 Å². The third kappa shape index (κ3) is 5.17. The van der Waals surface area contributed by atoms with Gasteiger partial charge < -0.3 is 4.74 Å². The highest BCUT2D eigenvalue weighted by atomic mass is 19.4. The van der Waals surface area contributed by atoms with Crippen LogP contribution in [-0.4, -0.2) is 13.1 Å². The summed E-state index contributed by atoms with van der Waals surface area (Å²) in [5.41, 5.74) is 1.24. The fourth-order valence-electron chi connectivity index (χ4n) is 2.02. The van der Waals surface area contributed by atoms with E-state index in [0.29, 0.717) is 24.0 Å². The van der Waals surface area contributed by atoms with Crippen molar-refractivity contribution in [3.05, 3.63) is 70.8 Å². The third-order valence-electron chi connectivity index (χ3n) is 3.34. The summed E-state index contributed by atoms with van der Waals surface area (Å²) in [6, 6.07) is 12.1. The first kappa shape index (κ1) is 17.6. The SMILES string of the molecule is COC(=O)CCc1ccc(C#Cc2cccc(C(F)(F)F)c2)cc1. The number of hydrogen-bond acceptors (Lipinski definition) is 2. The highest BCUT2D eigenvalue weighted by Crippen LogP contribution is 2.29. The molecule has 0 saturated heterocycles. The molecule has 0 bridgehead atoms. The Morgan fingerprint density at radius 2 is 1.71 bits per heavy atom. The lowest BCUT2D eigenvalue weighted by atomic mass is 10.1. The van der Waals surface area contributed by atoms with Crippen LogP contribution in [0.1, 0.15) is 28.7 Å². The number of benzene rings is 2. The number of rotatable bonds is 3. The molecular weight excluding hydrogens is 317 g/mol. The van der Waals surface area contributed by atoms with Crippen molar-refractivity contribution < 1.29 is 22.7 Å². The summed E-state index contributed by atoms with van der Waals surface area (Å²) in [6.07, 6.45) is -3.52. The van der Waals surface area contributed by atoms with Crippen LogP contribution in [0.4, 0.5) is 13.2 Å². The average Bonchev–Trinajstić information content (AvgIpc) is 2.58. The predicted octanol–water partition coefficient (Wildman–Crippen LogP) is 4.21. The molecule has 124 valence electrons. The molecule has 0 unspecified atom stereocenters. The van der Waals surface area contributed by atoms with Gasteiger partial charge in [-0.2, -0.15) is 13.2 Å². The minimum absolute atomic E-state index is 0.275. The first-order valence-corrected chi connectivity index (χ1v) is 7.23. The van der Waals surface area contributed by atoms with Crippen molar-refractivity contribution >= 4 is 5.97 Å². The van der Waals surface area contributed by atoms with E-state index in [2.05, 4.69) is 16.6 Å². The van der Waals surface area contributed by atoms with Crippen molar-refractivity contribution in [2.75, 3.05) is 7.11 Å². The average molecular weight is 332 g/mol. The minimum Gasteiger partial charge on any atom is -0.469 e. The van der Waals surface area contributed by atoms with E-state index < -0.39 is 11.7 Å². The summed E-state index contributed by atoms with van der Waals surface area (Å²) < 4.78 is 42.5. The van der Waals surface area contributed by atoms with E-state index >= 15 is 0 Å². The summed E-state index contributed by atoms with van der Waals surface area (Å²) in [4.78, 5) is 11.1. The van der Waals surface area contributed by atoms with Crippen molar-refractivity contribution in [1.82, 2.24) is 0 Å². The fraction of sp³-hybridized carbons (Fsp3) is 0.211. The van der Waals surface area contributed by atoms with Gasteiger partial charge in [0.25, 0.3) is 0 Å². The molecule has 24 heavy (non-hydrogen) atoms. The molecule has 0 aromatic heterocycles. The van der Waals surface area contributed by atoms with E-state index in [-0.39, 0.29) is 5.97 Å². The van der Waals surface area contributed by atoms with Gasteiger partial charge in [0.2, 0.25) is 0 Å². The van der Waals surface area contributed by atoms with E-state index in [1.165, 1.54) is 19.2 Å². The molecule has 0 radical (unpaired) electrons. The maximum absolute atomic E-state index is 12.6. The van der Waals surface area contributed by atoms with Gasteiger partial charge in [0.05, 0.1) is 12.7 Å². The zero-order valence-corrected chi connectivity index (χ0v) is 13.0. The van der Waals surface area contributed by atoms with Crippen LogP contribution in [0, 0.1) is 11.8 Å². The number of halogens is 3. The molecule has 0 amide bonds. The van der Waals surface area contributed by atoms with Gasteiger partial charge in [0, 0.05) is 17.5 Å². The maximum Gasteiger partial charge on any atom is 0.416 e. The molecule has 0 heterocycles. The number of hydrogen-bond donors (Lipinski definition) is 0. The maximum atomic E-state index is 12.6. The van der Waals surface area contributed by atoms with Crippen LogP contribution in [0.25, 0.3) is 0 Å². The number of aryl methyl sites for hydroxylation is 1. The first-order valence-electron chi connectivity index (χ1n) is 7.23. The minimum atomic E-state index is -4.38. The van der Waals surface area contributed by atoms with Crippen LogP contribution in [0.3, 0.4) is 0 Å². The van der Waals surface area contributed by atoms with E-state index in [1.807, 2.05) is 12.1 Å². The smallest absolute Gasteiger partial charge is 0.416 e.